The van der Waals surface area contributed by atoms with E-state index in [2.05, 4.69) is 36.7 Å². The molecule has 1 aromatic rings. The Morgan fingerprint density at radius 2 is 2.06 bits per heavy atom. The summed E-state index contributed by atoms with van der Waals surface area (Å²) in [4.78, 5) is 0. The van der Waals surface area contributed by atoms with Crippen LogP contribution in [0.4, 0.5) is 4.39 Å². The first-order valence-corrected chi connectivity index (χ1v) is 6.41. The molecule has 0 aliphatic carbocycles. The molecule has 0 radical (unpaired) electrons. The van der Waals surface area contributed by atoms with Crippen LogP contribution in [0.2, 0.25) is 0 Å². The minimum Gasteiger partial charge on any atom is -0.325 e. The number of halogens is 2. The summed E-state index contributed by atoms with van der Waals surface area (Å²) in [6, 6.07) is 5.15. The maximum atomic E-state index is 13.7. The monoisotopic (exact) mass is 287 g/mol. The predicted octanol–water partition coefficient (Wildman–Crippen LogP) is 3.89. The highest BCUT2D eigenvalue weighted by Gasteiger charge is 2.28. The Morgan fingerprint density at radius 1 is 1.44 bits per heavy atom. The summed E-state index contributed by atoms with van der Waals surface area (Å²) < 4.78 is 14.5. The van der Waals surface area contributed by atoms with Gasteiger partial charge in [0, 0.05) is 10.0 Å². The molecular formula is C13H19BrFN. The molecule has 1 atom stereocenters. The number of hydrogen-bond acceptors (Lipinski definition) is 1. The lowest BCUT2D eigenvalue weighted by molar-refractivity contribution is 0.293. The smallest absolute Gasteiger partial charge is 0.127 e. The van der Waals surface area contributed by atoms with E-state index in [1.807, 2.05) is 6.07 Å². The molecule has 0 fully saturated rings. The summed E-state index contributed by atoms with van der Waals surface area (Å²) in [5, 5.41) is 0. The molecule has 0 aliphatic rings. The third-order valence-corrected chi connectivity index (χ3v) is 3.84. The van der Waals surface area contributed by atoms with Crippen molar-refractivity contribution in [1.29, 1.82) is 0 Å². The first-order valence-electron chi connectivity index (χ1n) is 5.62. The second-order valence-corrected chi connectivity index (χ2v) is 5.57. The van der Waals surface area contributed by atoms with Crippen molar-refractivity contribution < 1.29 is 4.39 Å². The quantitative estimate of drug-likeness (QED) is 0.893. The first-order chi connectivity index (χ1) is 7.39. The second-order valence-electron chi connectivity index (χ2n) is 4.65. The lowest BCUT2D eigenvalue weighted by Gasteiger charge is -2.32. The predicted molar refractivity (Wildman–Crippen MR) is 69.9 cm³/mol. The van der Waals surface area contributed by atoms with Crippen LogP contribution in [0.5, 0.6) is 0 Å². The van der Waals surface area contributed by atoms with Gasteiger partial charge in [-0.05, 0) is 36.5 Å². The molecular weight excluding hydrogens is 269 g/mol. The summed E-state index contributed by atoms with van der Waals surface area (Å²) in [5.74, 6) is 0.152. The Bertz CT molecular complexity index is 365. The Balaban J connectivity index is 2.95. The van der Waals surface area contributed by atoms with Crippen LogP contribution >= 0.6 is 15.9 Å². The average Bonchev–Trinajstić information content (AvgIpc) is 2.22. The van der Waals surface area contributed by atoms with E-state index < -0.39 is 0 Å². The van der Waals surface area contributed by atoms with Gasteiger partial charge < -0.3 is 5.73 Å². The molecule has 1 rings (SSSR count). The zero-order valence-electron chi connectivity index (χ0n) is 10.1. The summed E-state index contributed by atoms with van der Waals surface area (Å²) in [6.07, 6.45) is 1.43. The van der Waals surface area contributed by atoms with Crippen molar-refractivity contribution in [3.63, 3.8) is 0 Å². The van der Waals surface area contributed by atoms with Crippen molar-refractivity contribution in [2.45, 2.75) is 39.2 Å². The average molecular weight is 288 g/mol. The largest absolute Gasteiger partial charge is 0.325 e. The van der Waals surface area contributed by atoms with E-state index in [-0.39, 0.29) is 11.4 Å². The second kappa shape index (κ2) is 5.28. The van der Waals surface area contributed by atoms with Crippen LogP contribution < -0.4 is 5.73 Å². The zero-order chi connectivity index (χ0) is 12.3. The zero-order valence-corrected chi connectivity index (χ0v) is 11.6. The molecule has 1 aromatic carbocycles. The fraction of sp³-hybridized carbons (Fsp3) is 0.538. The van der Waals surface area contributed by atoms with Gasteiger partial charge in [0.15, 0.2) is 0 Å². The van der Waals surface area contributed by atoms with E-state index in [1.54, 1.807) is 6.07 Å². The fourth-order valence-electron chi connectivity index (χ4n) is 1.76. The highest BCUT2D eigenvalue weighted by atomic mass is 79.9. The Labute approximate surface area is 105 Å². The van der Waals surface area contributed by atoms with Gasteiger partial charge in [0.25, 0.3) is 0 Å². The molecule has 0 saturated heterocycles. The van der Waals surface area contributed by atoms with E-state index in [9.17, 15) is 4.39 Å². The third kappa shape index (κ3) is 3.05. The number of hydrogen-bond donors (Lipinski definition) is 1. The molecule has 0 heterocycles. The highest BCUT2D eigenvalue weighted by Crippen LogP contribution is 2.25. The van der Waals surface area contributed by atoms with Crippen LogP contribution in [0.25, 0.3) is 0 Å². The van der Waals surface area contributed by atoms with E-state index in [0.717, 1.165) is 10.9 Å². The molecule has 1 nitrogen and oxygen atoms in total. The molecule has 0 saturated carbocycles. The maximum Gasteiger partial charge on any atom is 0.127 e. The van der Waals surface area contributed by atoms with Crippen LogP contribution in [0.15, 0.2) is 22.7 Å². The molecule has 3 heteroatoms. The Kier molecular flexibility index (Phi) is 4.51. The third-order valence-electron chi connectivity index (χ3n) is 3.34. The summed E-state index contributed by atoms with van der Waals surface area (Å²) in [5.41, 5.74) is 6.67. The van der Waals surface area contributed by atoms with Gasteiger partial charge in [-0.2, -0.15) is 0 Å². The lowest BCUT2D eigenvalue weighted by atomic mass is 9.79. The number of benzene rings is 1. The van der Waals surface area contributed by atoms with E-state index in [4.69, 9.17) is 5.73 Å². The standard InChI is InChI=1S/C13H19BrFN/c1-4-13(16,9(2)3)8-10-5-6-11(14)7-12(10)15/h5-7,9H,4,8,16H2,1-3H3. The van der Waals surface area contributed by atoms with E-state index in [1.165, 1.54) is 6.07 Å². The minimum absolute atomic E-state index is 0.182. The first kappa shape index (κ1) is 13.7. The molecule has 0 aromatic heterocycles. The van der Waals surface area contributed by atoms with Gasteiger partial charge in [0.05, 0.1) is 0 Å². The van der Waals surface area contributed by atoms with Gasteiger partial charge >= 0.3 is 0 Å². The van der Waals surface area contributed by atoms with Gasteiger partial charge in [-0.15, -0.1) is 0 Å². The Hall–Kier alpha value is -0.410. The van der Waals surface area contributed by atoms with Crippen molar-refractivity contribution >= 4 is 15.9 Å². The molecule has 16 heavy (non-hydrogen) atoms. The summed E-state index contributed by atoms with van der Waals surface area (Å²) in [7, 11) is 0. The van der Waals surface area contributed by atoms with Crippen LogP contribution in [-0.4, -0.2) is 5.54 Å². The number of nitrogens with two attached hydrogens (primary N) is 1. The van der Waals surface area contributed by atoms with Gasteiger partial charge in [0.1, 0.15) is 5.82 Å². The van der Waals surface area contributed by atoms with Gasteiger partial charge in [0.2, 0.25) is 0 Å². The van der Waals surface area contributed by atoms with Crippen LogP contribution in [0.1, 0.15) is 32.8 Å². The van der Waals surface area contributed by atoms with Crippen LogP contribution in [0.3, 0.4) is 0 Å². The normalized spacial score (nSPS) is 15.2. The Morgan fingerprint density at radius 3 is 2.50 bits per heavy atom. The van der Waals surface area contributed by atoms with Crippen molar-refractivity contribution in [1.82, 2.24) is 0 Å². The summed E-state index contributed by atoms with van der Waals surface area (Å²) in [6.45, 7) is 6.22. The lowest BCUT2D eigenvalue weighted by Crippen LogP contribution is -2.46. The topological polar surface area (TPSA) is 26.0 Å². The molecule has 0 spiro atoms. The van der Waals surface area contributed by atoms with Crippen molar-refractivity contribution in [2.24, 2.45) is 11.7 Å². The molecule has 0 aliphatic heterocycles. The number of rotatable bonds is 4. The van der Waals surface area contributed by atoms with Crippen molar-refractivity contribution in [2.75, 3.05) is 0 Å². The highest BCUT2D eigenvalue weighted by molar-refractivity contribution is 9.10. The van der Waals surface area contributed by atoms with Crippen molar-refractivity contribution in [3.05, 3.63) is 34.1 Å². The van der Waals surface area contributed by atoms with Crippen LogP contribution in [-0.2, 0) is 6.42 Å². The SMILES string of the molecule is CCC(N)(Cc1ccc(Br)cc1F)C(C)C. The molecule has 2 N–H and O–H groups in total. The van der Waals surface area contributed by atoms with Gasteiger partial charge in [-0.3, -0.25) is 0 Å². The van der Waals surface area contributed by atoms with Gasteiger partial charge in [-0.1, -0.05) is 42.8 Å². The molecule has 0 bridgehead atoms. The van der Waals surface area contributed by atoms with Crippen LogP contribution in [0, 0.1) is 11.7 Å². The minimum atomic E-state index is -0.325. The summed E-state index contributed by atoms with van der Waals surface area (Å²) >= 11 is 3.25. The van der Waals surface area contributed by atoms with Crippen molar-refractivity contribution in [3.8, 4) is 0 Å². The molecule has 1 unspecified atom stereocenters. The fourth-order valence-corrected chi connectivity index (χ4v) is 2.09. The molecule has 90 valence electrons. The van der Waals surface area contributed by atoms with Gasteiger partial charge in [-0.25, -0.2) is 4.39 Å². The van der Waals surface area contributed by atoms with E-state index in [0.29, 0.717) is 17.9 Å². The van der Waals surface area contributed by atoms with E-state index >= 15 is 0 Å². The molecule has 0 amide bonds. The maximum absolute atomic E-state index is 13.7.